The highest BCUT2D eigenvalue weighted by Gasteiger charge is 2.20. The summed E-state index contributed by atoms with van der Waals surface area (Å²) < 4.78 is 16.0. The number of rotatable bonds is 6. The van der Waals surface area contributed by atoms with Gasteiger partial charge in [0.15, 0.2) is 11.5 Å². The van der Waals surface area contributed by atoms with Gasteiger partial charge in [0.2, 0.25) is 17.8 Å². The fourth-order valence-electron chi connectivity index (χ4n) is 3.20. The number of halogens is 1. The van der Waals surface area contributed by atoms with E-state index in [1.807, 2.05) is 0 Å². The summed E-state index contributed by atoms with van der Waals surface area (Å²) in [5.41, 5.74) is 3.51. The Balaban J connectivity index is 1.56. The van der Waals surface area contributed by atoms with Crippen LogP contribution in [-0.2, 0) is 9.47 Å². The van der Waals surface area contributed by atoms with Crippen LogP contribution in [0.1, 0.15) is 5.56 Å². The third kappa shape index (κ3) is 5.24. The van der Waals surface area contributed by atoms with Gasteiger partial charge in [-0.25, -0.2) is 5.43 Å². The second kappa shape index (κ2) is 9.94. The lowest BCUT2D eigenvalue weighted by atomic mass is 10.2. The number of nitrogens with one attached hydrogen (secondary N) is 1. The van der Waals surface area contributed by atoms with Gasteiger partial charge in [0.1, 0.15) is 0 Å². The maximum atomic E-state index is 9.86. The number of ether oxygens (including phenoxy) is 3. The standard InChI is InChI=1S/C19H24ClN7O4/c1-29-15-11-13(10-14(20)16(15)28)12-21-25-17-22-18(26-2-6-30-7-3-26)24-19(23-17)27-4-8-31-9-5-27/h10-12,28H,2-9H2,1H3,(H,22,23,24,25)/b21-12+. The molecular weight excluding hydrogens is 426 g/mol. The summed E-state index contributed by atoms with van der Waals surface area (Å²) in [7, 11) is 1.45. The second-order valence-electron chi connectivity index (χ2n) is 6.88. The quantitative estimate of drug-likeness (QED) is 0.494. The van der Waals surface area contributed by atoms with Crippen LogP contribution in [0.3, 0.4) is 0 Å². The number of benzene rings is 1. The Kier molecular flexibility index (Phi) is 6.85. The van der Waals surface area contributed by atoms with Crippen molar-refractivity contribution in [3.63, 3.8) is 0 Å². The molecule has 4 rings (SSSR count). The van der Waals surface area contributed by atoms with Gasteiger partial charge in [-0.15, -0.1) is 0 Å². The van der Waals surface area contributed by atoms with Crippen molar-refractivity contribution >= 4 is 35.7 Å². The summed E-state index contributed by atoms with van der Waals surface area (Å²) in [6.07, 6.45) is 1.54. The molecule has 12 heteroatoms. The number of phenols is 1. The number of aromatic nitrogens is 3. The van der Waals surface area contributed by atoms with E-state index in [0.29, 0.717) is 76.0 Å². The molecule has 2 saturated heterocycles. The molecule has 1 aromatic heterocycles. The molecule has 2 N–H and O–H groups in total. The van der Waals surface area contributed by atoms with Crippen LogP contribution in [0.25, 0.3) is 0 Å². The van der Waals surface area contributed by atoms with Crippen molar-refractivity contribution in [2.24, 2.45) is 5.10 Å². The average molecular weight is 450 g/mol. The van der Waals surface area contributed by atoms with Crippen LogP contribution in [0.4, 0.5) is 17.8 Å². The predicted molar refractivity (Wildman–Crippen MR) is 117 cm³/mol. The highest BCUT2D eigenvalue weighted by atomic mass is 35.5. The number of hydrazone groups is 1. The minimum Gasteiger partial charge on any atom is -0.503 e. The lowest BCUT2D eigenvalue weighted by Crippen LogP contribution is -2.40. The van der Waals surface area contributed by atoms with Crippen LogP contribution in [0, 0.1) is 0 Å². The first kappa shape index (κ1) is 21.3. The maximum absolute atomic E-state index is 9.86. The minimum absolute atomic E-state index is 0.114. The molecule has 0 saturated carbocycles. The van der Waals surface area contributed by atoms with Crippen LogP contribution < -0.4 is 20.0 Å². The normalized spacial score (nSPS) is 17.2. The van der Waals surface area contributed by atoms with Gasteiger partial charge in [0.05, 0.1) is 44.8 Å². The maximum Gasteiger partial charge on any atom is 0.250 e. The Morgan fingerprint density at radius 1 is 1.03 bits per heavy atom. The van der Waals surface area contributed by atoms with Crippen molar-refractivity contribution < 1.29 is 19.3 Å². The van der Waals surface area contributed by atoms with Crippen molar-refractivity contribution in [2.45, 2.75) is 0 Å². The van der Waals surface area contributed by atoms with Gasteiger partial charge in [0.25, 0.3) is 0 Å². The summed E-state index contributed by atoms with van der Waals surface area (Å²) in [5.74, 6) is 1.63. The second-order valence-corrected chi connectivity index (χ2v) is 7.29. The van der Waals surface area contributed by atoms with Crippen molar-refractivity contribution in [1.82, 2.24) is 15.0 Å². The number of anilines is 3. The van der Waals surface area contributed by atoms with E-state index in [0.717, 1.165) is 0 Å². The monoisotopic (exact) mass is 449 g/mol. The van der Waals surface area contributed by atoms with Gasteiger partial charge < -0.3 is 29.1 Å². The first-order chi connectivity index (χ1) is 15.1. The molecule has 0 radical (unpaired) electrons. The third-order valence-corrected chi connectivity index (χ3v) is 5.14. The van der Waals surface area contributed by atoms with Crippen LogP contribution in [0.5, 0.6) is 11.5 Å². The molecule has 166 valence electrons. The zero-order chi connectivity index (χ0) is 21.6. The molecule has 0 aliphatic carbocycles. The molecule has 0 unspecified atom stereocenters. The Hall–Kier alpha value is -2.89. The van der Waals surface area contributed by atoms with E-state index in [1.165, 1.54) is 7.11 Å². The molecule has 1 aromatic carbocycles. The number of morpholine rings is 2. The van der Waals surface area contributed by atoms with Gasteiger partial charge in [-0.3, -0.25) is 0 Å². The van der Waals surface area contributed by atoms with Gasteiger partial charge in [0, 0.05) is 26.2 Å². The zero-order valence-corrected chi connectivity index (χ0v) is 17.9. The van der Waals surface area contributed by atoms with Gasteiger partial charge >= 0.3 is 0 Å². The highest BCUT2D eigenvalue weighted by Crippen LogP contribution is 2.34. The van der Waals surface area contributed by atoms with E-state index >= 15 is 0 Å². The molecule has 31 heavy (non-hydrogen) atoms. The molecule has 0 bridgehead atoms. The molecule has 11 nitrogen and oxygen atoms in total. The SMILES string of the molecule is COc1cc(/C=N/Nc2nc(N3CCOCC3)nc(N3CCOCC3)n2)cc(Cl)c1O. The Morgan fingerprint density at radius 3 is 2.16 bits per heavy atom. The topological polar surface area (TPSA) is 117 Å². The first-order valence-electron chi connectivity index (χ1n) is 9.91. The number of hydrogen-bond acceptors (Lipinski definition) is 11. The minimum atomic E-state index is -0.114. The molecule has 2 fully saturated rings. The van der Waals surface area contributed by atoms with E-state index < -0.39 is 0 Å². The van der Waals surface area contributed by atoms with Gasteiger partial charge in [-0.1, -0.05) is 11.6 Å². The summed E-state index contributed by atoms with van der Waals surface area (Å²) in [4.78, 5) is 17.8. The fraction of sp³-hybridized carbons (Fsp3) is 0.474. The summed E-state index contributed by atoms with van der Waals surface area (Å²) in [5, 5.41) is 14.3. The number of nitrogens with zero attached hydrogens (tertiary/aromatic N) is 6. The number of aromatic hydroxyl groups is 1. The molecule has 0 atom stereocenters. The van der Waals surface area contributed by atoms with E-state index in [-0.39, 0.29) is 16.5 Å². The number of hydrogen-bond donors (Lipinski definition) is 2. The molecular formula is C19H24ClN7O4. The number of phenolic OH excluding ortho intramolecular Hbond substituents is 1. The Morgan fingerprint density at radius 2 is 1.61 bits per heavy atom. The molecule has 2 aliphatic heterocycles. The van der Waals surface area contributed by atoms with Crippen LogP contribution >= 0.6 is 11.6 Å². The summed E-state index contributed by atoms with van der Waals surface area (Å²) in [6.45, 7) is 5.35. The molecule has 2 aliphatic rings. The van der Waals surface area contributed by atoms with Crippen LogP contribution in [0.2, 0.25) is 5.02 Å². The smallest absolute Gasteiger partial charge is 0.250 e. The summed E-state index contributed by atoms with van der Waals surface area (Å²) >= 11 is 6.03. The molecule has 3 heterocycles. The van der Waals surface area contributed by atoms with Gasteiger partial charge in [-0.2, -0.15) is 20.1 Å². The fourth-order valence-corrected chi connectivity index (χ4v) is 3.42. The van der Waals surface area contributed by atoms with E-state index in [9.17, 15) is 5.11 Å². The molecule has 2 aromatic rings. The van der Waals surface area contributed by atoms with Crippen molar-refractivity contribution in [3.8, 4) is 11.5 Å². The zero-order valence-electron chi connectivity index (χ0n) is 17.1. The largest absolute Gasteiger partial charge is 0.503 e. The lowest BCUT2D eigenvalue weighted by molar-refractivity contribution is 0.121. The average Bonchev–Trinajstić information content (AvgIpc) is 2.82. The first-order valence-corrected chi connectivity index (χ1v) is 10.3. The lowest BCUT2D eigenvalue weighted by Gasteiger charge is -2.30. The van der Waals surface area contributed by atoms with E-state index in [2.05, 4.69) is 35.3 Å². The van der Waals surface area contributed by atoms with Crippen molar-refractivity contribution in [1.29, 1.82) is 0 Å². The molecule has 0 amide bonds. The van der Waals surface area contributed by atoms with Crippen molar-refractivity contribution in [2.75, 3.05) is 74.9 Å². The van der Waals surface area contributed by atoms with E-state index in [1.54, 1.807) is 18.3 Å². The van der Waals surface area contributed by atoms with Crippen LogP contribution in [0.15, 0.2) is 17.2 Å². The summed E-state index contributed by atoms with van der Waals surface area (Å²) in [6, 6.07) is 3.20. The van der Waals surface area contributed by atoms with Crippen molar-refractivity contribution in [3.05, 3.63) is 22.7 Å². The highest BCUT2D eigenvalue weighted by molar-refractivity contribution is 6.32. The Bertz CT molecular complexity index is 897. The Labute approximate surface area is 184 Å². The predicted octanol–water partition coefficient (Wildman–Crippen LogP) is 1.36. The molecule has 0 spiro atoms. The third-order valence-electron chi connectivity index (χ3n) is 4.85. The van der Waals surface area contributed by atoms with E-state index in [4.69, 9.17) is 25.8 Å². The van der Waals surface area contributed by atoms with Gasteiger partial charge in [-0.05, 0) is 17.7 Å². The number of methoxy groups -OCH3 is 1. The van der Waals surface area contributed by atoms with Crippen LogP contribution in [-0.4, -0.2) is 86.0 Å².